The molecule has 0 aliphatic heterocycles. The molecular formula is C9H19NS. The molecule has 0 fully saturated rings. The number of allylic oxidation sites excluding steroid dienone is 1. The summed E-state index contributed by atoms with van der Waals surface area (Å²) < 4.78 is 0. The summed E-state index contributed by atoms with van der Waals surface area (Å²) in [6, 6.07) is 0.654. The molecule has 11 heavy (non-hydrogen) atoms. The van der Waals surface area contributed by atoms with E-state index in [4.69, 9.17) is 0 Å². The van der Waals surface area contributed by atoms with E-state index in [0.29, 0.717) is 6.04 Å². The third-order valence-electron chi connectivity index (χ3n) is 1.70. The van der Waals surface area contributed by atoms with Gasteiger partial charge in [-0.3, -0.25) is 0 Å². The lowest BCUT2D eigenvalue weighted by molar-refractivity contribution is 0.572. The van der Waals surface area contributed by atoms with Gasteiger partial charge in [0, 0.05) is 11.8 Å². The van der Waals surface area contributed by atoms with E-state index in [2.05, 4.69) is 25.1 Å². The van der Waals surface area contributed by atoms with E-state index >= 15 is 0 Å². The number of nitrogens with one attached hydrogen (secondary N) is 1. The fourth-order valence-electron chi connectivity index (χ4n) is 0.933. The van der Waals surface area contributed by atoms with Crippen molar-refractivity contribution in [3.8, 4) is 0 Å². The molecule has 0 bridgehead atoms. The molecule has 0 radical (unpaired) electrons. The van der Waals surface area contributed by atoms with Crippen LogP contribution in [0.25, 0.3) is 0 Å². The van der Waals surface area contributed by atoms with Crippen molar-refractivity contribution >= 4 is 11.8 Å². The molecule has 0 aromatic heterocycles. The van der Waals surface area contributed by atoms with Gasteiger partial charge in [0.25, 0.3) is 0 Å². The SMILES string of the molecule is C=C(C)CCC(CSC)NC. The Morgan fingerprint density at radius 2 is 2.27 bits per heavy atom. The highest BCUT2D eigenvalue weighted by molar-refractivity contribution is 7.98. The average Bonchev–Trinajstić information content (AvgIpc) is 1.97. The zero-order chi connectivity index (χ0) is 8.69. The molecular weight excluding hydrogens is 154 g/mol. The Bertz CT molecular complexity index is 112. The van der Waals surface area contributed by atoms with Gasteiger partial charge in [-0.25, -0.2) is 0 Å². The Labute approximate surface area is 74.6 Å². The zero-order valence-electron chi connectivity index (χ0n) is 7.81. The molecule has 0 saturated carbocycles. The largest absolute Gasteiger partial charge is 0.316 e. The monoisotopic (exact) mass is 173 g/mol. The van der Waals surface area contributed by atoms with Crippen molar-refractivity contribution in [3.63, 3.8) is 0 Å². The topological polar surface area (TPSA) is 12.0 Å². The number of hydrogen-bond acceptors (Lipinski definition) is 2. The Hall–Kier alpha value is 0.0500. The molecule has 1 nitrogen and oxygen atoms in total. The lowest BCUT2D eigenvalue weighted by atomic mass is 10.1. The van der Waals surface area contributed by atoms with Crippen LogP contribution in [0.1, 0.15) is 19.8 Å². The summed E-state index contributed by atoms with van der Waals surface area (Å²) in [5.74, 6) is 1.20. The quantitative estimate of drug-likeness (QED) is 0.619. The summed E-state index contributed by atoms with van der Waals surface area (Å²) in [5, 5.41) is 3.30. The predicted molar refractivity (Wildman–Crippen MR) is 55.3 cm³/mol. The van der Waals surface area contributed by atoms with Crippen molar-refractivity contribution in [1.29, 1.82) is 0 Å². The normalized spacial score (nSPS) is 13.0. The molecule has 1 atom stereocenters. The molecule has 1 unspecified atom stereocenters. The van der Waals surface area contributed by atoms with E-state index in [-0.39, 0.29) is 0 Å². The van der Waals surface area contributed by atoms with Crippen molar-refractivity contribution in [2.45, 2.75) is 25.8 Å². The number of rotatable bonds is 6. The van der Waals surface area contributed by atoms with E-state index in [1.165, 1.54) is 17.7 Å². The fourth-order valence-corrected chi connectivity index (χ4v) is 1.67. The van der Waals surface area contributed by atoms with Gasteiger partial charge in [0.05, 0.1) is 0 Å². The second-order valence-corrected chi connectivity index (χ2v) is 3.85. The molecule has 0 aliphatic rings. The maximum Gasteiger partial charge on any atom is 0.0158 e. The van der Waals surface area contributed by atoms with Crippen molar-refractivity contribution < 1.29 is 0 Å². The molecule has 0 aromatic rings. The summed E-state index contributed by atoms with van der Waals surface area (Å²) in [4.78, 5) is 0. The van der Waals surface area contributed by atoms with Crippen LogP contribution >= 0.6 is 11.8 Å². The first-order valence-corrected chi connectivity index (χ1v) is 5.40. The maximum atomic E-state index is 3.89. The van der Waals surface area contributed by atoms with E-state index < -0.39 is 0 Å². The first-order chi connectivity index (χ1) is 5.20. The highest BCUT2D eigenvalue weighted by atomic mass is 32.2. The average molecular weight is 173 g/mol. The summed E-state index contributed by atoms with van der Waals surface area (Å²) in [6.45, 7) is 5.98. The summed E-state index contributed by atoms with van der Waals surface area (Å²) in [5.41, 5.74) is 1.28. The molecule has 0 rings (SSSR count). The van der Waals surface area contributed by atoms with E-state index in [1.807, 2.05) is 18.8 Å². The summed E-state index contributed by atoms with van der Waals surface area (Å²) >= 11 is 1.89. The highest BCUT2D eigenvalue weighted by Gasteiger charge is 2.03. The third kappa shape index (κ3) is 6.45. The second kappa shape index (κ2) is 6.74. The predicted octanol–water partition coefficient (Wildman–Crippen LogP) is 2.29. The number of thioether (sulfide) groups is 1. The van der Waals surface area contributed by atoms with Gasteiger partial charge in [0.1, 0.15) is 0 Å². The smallest absolute Gasteiger partial charge is 0.0158 e. The van der Waals surface area contributed by atoms with Crippen LogP contribution in [0.15, 0.2) is 12.2 Å². The lowest BCUT2D eigenvalue weighted by Gasteiger charge is -2.13. The van der Waals surface area contributed by atoms with Crippen LogP contribution in [0.2, 0.25) is 0 Å². The zero-order valence-corrected chi connectivity index (χ0v) is 8.63. The van der Waals surface area contributed by atoms with Crippen LogP contribution in [0.4, 0.5) is 0 Å². The Morgan fingerprint density at radius 3 is 2.64 bits per heavy atom. The second-order valence-electron chi connectivity index (χ2n) is 2.94. The van der Waals surface area contributed by atoms with Gasteiger partial charge in [-0.2, -0.15) is 11.8 Å². The summed E-state index contributed by atoms with van der Waals surface area (Å²) in [6.07, 6.45) is 4.50. The Balaban J connectivity index is 3.43. The molecule has 0 heterocycles. The Kier molecular flexibility index (Phi) is 6.77. The van der Waals surface area contributed by atoms with Crippen LogP contribution in [-0.2, 0) is 0 Å². The fraction of sp³-hybridized carbons (Fsp3) is 0.778. The third-order valence-corrected chi connectivity index (χ3v) is 2.43. The van der Waals surface area contributed by atoms with Crippen molar-refractivity contribution in [1.82, 2.24) is 5.32 Å². The highest BCUT2D eigenvalue weighted by Crippen LogP contribution is 2.07. The van der Waals surface area contributed by atoms with Crippen molar-refractivity contribution in [2.24, 2.45) is 0 Å². The van der Waals surface area contributed by atoms with Gasteiger partial charge < -0.3 is 5.32 Å². The van der Waals surface area contributed by atoms with Gasteiger partial charge >= 0.3 is 0 Å². The van der Waals surface area contributed by atoms with Crippen LogP contribution in [-0.4, -0.2) is 25.1 Å². The van der Waals surface area contributed by atoms with Crippen LogP contribution < -0.4 is 5.32 Å². The molecule has 0 amide bonds. The number of hydrogen-bond donors (Lipinski definition) is 1. The van der Waals surface area contributed by atoms with Crippen molar-refractivity contribution in [2.75, 3.05) is 19.1 Å². The van der Waals surface area contributed by atoms with Crippen LogP contribution in [0, 0.1) is 0 Å². The minimum Gasteiger partial charge on any atom is -0.316 e. The first kappa shape index (κ1) is 11.1. The lowest BCUT2D eigenvalue weighted by Crippen LogP contribution is -2.27. The molecule has 0 spiro atoms. The Morgan fingerprint density at radius 1 is 1.64 bits per heavy atom. The molecule has 0 aliphatic carbocycles. The minimum absolute atomic E-state index is 0.654. The van der Waals surface area contributed by atoms with Gasteiger partial charge in [0.2, 0.25) is 0 Å². The molecule has 2 heteroatoms. The molecule has 0 aromatic carbocycles. The van der Waals surface area contributed by atoms with Crippen LogP contribution in [0.3, 0.4) is 0 Å². The maximum absolute atomic E-state index is 3.89. The minimum atomic E-state index is 0.654. The molecule has 0 saturated heterocycles. The first-order valence-electron chi connectivity index (χ1n) is 4.01. The standard InChI is InChI=1S/C9H19NS/c1-8(2)5-6-9(10-3)7-11-4/h9-10H,1,5-7H2,2-4H3. The van der Waals surface area contributed by atoms with E-state index in [0.717, 1.165) is 6.42 Å². The van der Waals surface area contributed by atoms with Gasteiger partial charge in [-0.1, -0.05) is 5.57 Å². The summed E-state index contributed by atoms with van der Waals surface area (Å²) in [7, 11) is 2.03. The van der Waals surface area contributed by atoms with E-state index in [9.17, 15) is 0 Å². The van der Waals surface area contributed by atoms with Gasteiger partial charge in [-0.15, -0.1) is 6.58 Å². The van der Waals surface area contributed by atoms with Crippen molar-refractivity contribution in [3.05, 3.63) is 12.2 Å². The molecule has 66 valence electrons. The molecule has 1 N–H and O–H groups in total. The van der Waals surface area contributed by atoms with Crippen LogP contribution in [0.5, 0.6) is 0 Å². The van der Waals surface area contributed by atoms with Gasteiger partial charge in [0.15, 0.2) is 0 Å². The van der Waals surface area contributed by atoms with E-state index in [1.54, 1.807) is 0 Å². The van der Waals surface area contributed by atoms with Gasteiger partial charge in [-0.05, 0) is 33.1 Å².